The Labute approximate surface area is 235 Å². The van der Waals surface area contributed by atoms with Gasteiger partial charge in [-0.3, -0.25) is 13.9 Å². The predicted molar refractivity (Wildman–Crippen MR) is 148 cm³/mol. The first kappa shape index (κ1) is 29.1. The molecule has 196 valence electrons. The van der Waals surface area contributed by atoms with E-state index in [-0.39, 0.29) is 22.2 Å². The fraction of sp³-hybridized carbons (Fsp3) is 0.200. The second-order valence-corrected chi connectivity index (χ2v) is 11.5. The lowest BCUT2D eigenvalue weighted by molar-refractivity contribution is -0.139. The zero-order chi connectivity index (χ0) is 27.3. The minimum atomic E-state index is -4.24. The van der Waals surface area contributed by atoms with Gasteiger partial charge in [0.15, 0.2) is 0 Å². The molecule has 0 aliphatic carbocycles. The van der Waals surface area contributed by atoms with Gasteiger partial charge in [0.1, 0.15) is 12.6 Å². The van der Waals surface area contributed by atoms with Gasteiger partial charge in [0.25, 0.3) is 10.0 Å². The van der Waals surface area contributed by atoms with Crippen LogP contribution in [-0.2, 0) is 26.2 Å². The quantitative estimate of drug-likeness (QED) is 0.342. The van der Waals surface area contributed by atoms with Crippen LogP contribution in [0.4, 0.5) is 5.69 Å². The summed E-state index contributed by atoms with van der Waals surface area (Å²) in [6, 6.07) is 15.6. The molecule has 7 nitrogen and oxygen atoms in total. The van der Waals surface area contributed by atoms with E-state index in [1.54, 1.807) is 30.3 Å². The first-order valence-electron chi connectivity index (χ1n) is 10.9. The van der Waals surface area contributed by atoms with E-state index in [2.05, 4.69) is 5.32 Å². The highest BCUT2D eigenvalue weighted by molar-refractivity contribution is 7.92. The lowest BCUT2D eigenvalue weighted by Gasteiger charge is -2.32. The van der Waals surface area contributed by atoms with Crippen LogP contribution in [0.5, 0.6) is 0 Å². The monoisotopic (exact) mass is 601 g/mol. The number of sulfonamides is 1. The van der Waals surface area contributed by atoms with Gasteiger partial charge in [-0.15, -0.1) is 0 Å². The van der Waals surface area contributed by atoms with Crippen molar-refractivity contribution in [2.45, 2.75) is 24.4 Å². The Balaban J connectivity index is 2.07. The average Bonchev–Trinajstić information content (AvgIpc) is 2.86. The fourth-order valence-electron chi connectivity index (χ4n) is 3.54. The predicted octanol–water partition coefficient (Wildman–Crippen LogP) is 5.66. The van der Waals surface area contributed by atoms with E-state index in [9.17, 15) is 18.0 Å². The fourth-order valence-corrected chi connectivity index (χ4v) is 5.77. The largest absolute Gasteiger partial charge is 0.357 e. The van der Waals surface area contributed by atoms with Crippen molar-refractivity contribution < 1.29 is 18.0 Å². The maximum atomic E-state index is 13.7. The minimum Gasteiger partial charge on any atom is -0.357 e. The third-order valence-electron chi connectivity index (χ3n) is 5.58. The molecule has 0 radical (unpaired) electrons. The summed E-state index contributed by atoms with van der Waals surface area (Å²) >= 11 is 24.7. The number of anilines is 1. The molecule has 0 bridgehead atoms. The Bertz CT molecular complexity index is 1380. The Morgan fingerprint density at radius 3 is 2.05 bits per heavy atom. The van der Waals surface area contributed by atoms with Crippen molar-refractivity contribution in [1.29, 1.82) is 0 Å². The van der Waals surface area contributed by atoms with Crippen LogP contribution < -0.4 is 9.62 Å². The van der Waals surface area contributed by atoms with E-state index >= 15 is 0 Å². The molecule has 0 fully saturated rings. The number of carbonyl (C=O) groups is 2. The molecular weight excluding hydrogens is 580 g/mol. The summed E-state index contributed by atoms with van der Waals surface area (Å²) in [7, 11) is -2.80. The average molecular weight is 603 g/mol. The van der Waals surface area contributed by atoms with Gasteiger partial charge in [-0.05, 0) is 61.5 Å². The molecule has 37 heavy (non-hydrogen) atoms. The number of likely N-dealkylation sites (N-methyl/N-ethyl adjacent to an activating group) is 1. The molecule has 0 heterocycles. The molecule has 0 spiro atoms. The van der Waals surface area contributed by atoms with E-state index in [0.717, 1.165) is 4.31 Å². The number of benzene rings is 3. The maximum Gasteiger partial charge on any atom is 0.264 e. The Morgan fingerprint density at radius 2 is 1.49 bits per heavy atom. The number of hydrogen-bond acceptors (Lipinski definition) is 4. The second kappa shape index (κ2) is 12.4. The highest BCUT2D eigenvalue weighted by Gasteiger charge is 2.33. The van der Waals surface area contributed by atoms with Crippen LogP contribution in [0.25, 0.3) is 0 Å². The van der Waals surface area contributed by atoms with Gasteiger partial charge in [0.2, 0.25) is 11.8 Å². The molecule has 3 rings (SSSR count). The molecule has 0 aliphatic rings. The lowest BCUT2D eigenvalue weighted by Crippen LogP contribution is -2.50. The molecule has 1 N–H and O–H groups in total. The number of nitrogens with zero attached hydrogens (tertiary/aromatic N) is 2. The second-order valence-electron chi connectivity index (χ2n) is 7.96. The van der Waals surface area contributed by atoms with Gasteiger partial charge in [-0.2, -0.15) is 0 Å². The normalized spacial score (nSPS) is 12.1. The van der Waals surface area contributed by atoms with Crippen LogP contribution in [0.15, 0.2) is 71.6 Å². The molecule has 2 amide bonds. The summed E-state index contributed by atoms with van der Waals surface area (Å²) in [5, 5.41) is 3.74. The van der Waals surface area contributed by atoms with Crippen molar-refractivity contribution in [2.75, 3.05) is 17.9 Å². The third kappa shape index (κ3) is 6.89. The van der Waals surface area contributed by atoms with E-state index in [1.807, 2.05) is 0 Å². The van der Waals surface area contributed by atoms with Gasteiger partial charge >= 0.3 is 0 Å². The molecule has 0 saturated heterocycles. The van der Waals surface area contributed by atoms with Crippen molar-refractivity contribution in [3.8, 4) is 0 Å². The number of halogens is 4. The third-order valence-corrected chi connectivity index (χ3v) is 8.56. The molecule has 0 unspecified atom stereocenters. The number of amides is 2. The summed E-state index contributed by atoms with van der Waals surface area (Å²) in [5.74, 6) is -1.11. The topological polar surface area (TPSA) is 86.8 Å². The van der Waals surface area contributed by atoms with Crippen LogP contribution in [0, 0.1) is 0 Å². The molecule has 1 atom stereocenters. The van der Waals surface area contributed by atoms with Crippen LogP contribution in [-0.4, -0.2) is 44.8 Å². The molecule has 0 aromatic heterocycles. The van der Waals surface area contributed by atoms with E-state index < -0.39 is 34.4 Å². The Hall–Kier alpha value is -2.49. The van der Waals surface area contributed by atoms with Gasteiger partial charge in [-0.25, -0.2) is 8.42 Å². The molecule has 3 aromatic rings. The smallest absolute Gasteiger partial charge is 0.264 e. The van der Waals surface area contributed by atoms with Crippen molar-refractivity contribution in [3.05, 3.63) is 92.4 Å². The van der Waals surface area contributed by atoms with Gasteiger partial charge in [-0.1, -0.05) is 58.5 Å². The van der Waals surface area contributed by atoms with Gasteiger partial charge in [0.05, 0.1) is 10.6 Å². The van der Waals surface area contributed by atoms with Crippen molar-refractivity contribution >= 4 is 73.9 Å². The number of nitrogens with one attached hydrogen (secondary N) is 1. The van der Waals surface area contributed by atoms with Gasteiger partial charge < -0.3 is 10.2 Å². The minimum absolute atomic E-state index is 0.0790. The zero-order valence-electron chi connectivity index (χ0n) is 19.8. The van der Waals surface area contributed by atoms with Crippen molar-refractivity contribution in [3.63, 3.8) is 0 Å². The maximum absolute atomic E-state index is 13.7. The summed E-state index contributed by atoms with van der Waals surface area (Å²) in [6.07, 6.45) is 0. The molecular formula is C25H23Cl4N3O4S. The van der Waals surface area contributed by atoms with Crippen LogP contribution in [0.3, 0.4) is 0 Å². The molecule has 0 aliphatic heterocycles. The molecule has 0 saturated carbocycles. The number of rotatable bonds is 9. The summed E-state index contributed by atoms with van der Waals surface area (Å²) in [5.41, 5.74) is 0.587. The Morgan fingerprint density at radius 1 is 0.892 bits per heavy atom. The summed E-state index contributed by atoms with van der Waals surface area (Å²) in [6.45, 7) is 0.768. The summed E-state index contributed by atoms with van der Waals surface area (Å²) < 4.78 is 28.3. The van der Waals surface area contributed by atoms with Crippen molar-refractivity contribution in [1.82, 2.24) is 10.2 Å². The number of hydrogen-bond donors (Lipinski definition) is 1. The van der Waals surface area contributed by atoms with Crippen LogP contribution in [0.1, 0.15) is 12.5 Å². The highest BCUT2D eigenvalue weighted by Crippen LogP contribution is 2.29. The van der Waals surface area contributed by atoms with E-state index in [1.165, 1.54) is 55.3 Å². The number of carbonyl (C=O) groups excluding carboxylic acids is 2. The SMILES string of the molecule is CNC(=O)[C@@H](C)N(Cc1c(Cl)cccc1Cl)C(=O)CN(c1cccc(Cl)c1)S(=O)(=O)c1ccc(Cl)cc1. The summed E-state index contributed by atoms with van der Waals surface area (Å²) in [4.78, 5) is 27.4. The lowest BCUT2D eigenvalue weighted by atomic mass is 10.1. The first-order chi connectivity index (χ1) is 17.4. The van der Waals surface area contributed by atoms with Crippen LogP contribution >= 0.6 is 46.4 Å². The Kier molecular flexibility index (Phi) is 9.72. The van der Waals surface area contributed by atoms with E-state index in [4.69, 9.17) is 46.4 Å². The van der Waals surface area contributed by atoms with Crippen molar-refractivity contribution in [2.24, 2.45) is 0 Å². The van der Waals surface area contributed by atoms with Gasteiger partial charge in [0, 0.05) is 39.2 Å². The van der Waals surface area contributed by atoms with Crippen LogP contribution in [0.2, 0.25) is 20.1 Å². The molecule has 3 aromatic carbocycles. The zero-order valence-corrected chi connectivity index (χ0v) is 23.6. The first-order valence-corrected chi connectivity index (χ1v) is 13.9. The highest BCUT2D eigenvalue weighted by atomic mass is 35.5. The van der Waals surface area contributed by atoms with E-state index in [0.29, 0.717) is 20.6 Å². The molecule has 12 heteroatoms. The standard InChI is InChI=1S/C25H23Cl4N3O4S/c1-16(25(34)30-2)31(14-21-22(28)7-4-8-23(21)29)24(33)15-32(19-6-3-5-18(27)13-19)37(35,36)20-11-9-17(26)10-12-20/h3-13,16H,14-15H2,1-2H3,(H,30,34)/t16-/m1/s1.